The van der Waals surface area contributed by atoms with Gasteiger partial charge in [0.1, 0.15) is 11.4 Å². The Morgan fingerprint density at radius 3 is 2.28 bits per heavy atom. The van der Waals surface area contributed by atoms with Gasteiger partial charge in [-0.15, -0.1) is 0 Å². The van der Waals surface area contributed by atoms with E-state index in [1.807, 2.05) is 18.7 Å². The van der Waals surface area contributed by atoms with Crippen molar-refractivity contribution in [2.24, 2.45) is 11.8 Å². The molecule has 2 fully saturated rings. The monoisotopic (exact) mass is 375 g/mol. The molecule has 2 aliphatic heterocycles. The zero-order chi connectivity index (χ0) is 18.9. The van der Waals surface area contributed by atoms with Gasteiger partial charge in [0, 0.05) is 26.7 Å². The first kappa shape index (κ1) is 20.1. The smallest absolute Gasteiger partial charge is 0.328 e. The fourth-order valence-electron chi connectivity index (χ4n) is 3.63. The molecule has 25 heavy (non-hydrogen) atoms. The van der Waals surface area contributed by atoms with Gasteiger partial charge in [0.2, 0.25) is 15.9 Å². The molecule has 0 aromatic carbocycles. The van der Waals surface area contributed by atoms with Crippen molar-refractivity contribution < 1.29 is 22.7 Å². The standard InChI is InChI=1S/C16H29N3O5S/c1-11(2)14(16(21)24-5)18(4)15(20)12-6-9-19(10-12)25(22,23)13-7-8-17(13)3/h11-14H,6-10H2,1-5H3/t12-,13+,14?/m0/s1. The molecule has 1 unspecified atom stereocenters. The molecular weight excluding hydrogens is 346 g/mol. The number of sulfonamides is 1. The summed E-state index contributed by atoms with van der Waals surface area (Å²) in [6.07, 6.45) is 1.11. The predicted molar refractivity (Wildman–Crippen MR) is 93.0 cm³/mol. The summed E-state index contributed by atoms with van der Waals surface area (Å²) in [7, 11) is 1.27. The molecular formula is C16H29N3O5S. The molecule has 144 valence electrons. The first-order valence-corrected chi connectivity index (χ1v) is 10.1. The van der Waals surface area contributed by atoms with Crippen LogP contribution in [0.4, 0.5) is 0 Å². The summed E-state index contributed by atoms with van der Waals surface area (Å²) < 4.78 is 31.5. The van der Waals surface area contributed by atoms with Crippen LogP contribution in [0, 0.1) is 11.8 Å². The Balaban J connectivity index is 2.05. The van der Waals surface area contributed by atoms with Gasteiger partial charge in [-0.3, -0.25) is 9.69 Å². The molecule has 0 N–H and O–H groups in total. The van der Waals surface area contributed by atoms with Crippen molar-refractivity contribution in [3.8, 4) is 0 Å². The van der Waals surface area contributed by atoms with Gasteiger partial charge in [-0.2, -0.15) is 4.31 Å². The highest BCUT2D eigenvalue weighted by atomic mass is 32.2. The summed E-state index contributed by atoms with van der Waals surface area (Å²) in [6.45, 7) is 5.01. The number of carbonyl (C=O) groups is 2. The van der Waals surface area contributed by atoms with Crippen molar-refractivity contribution in [3.63, 3.8) is 0 Å². The molecule has 0 aromatic heterocycles. The minimum Gasteiger partial charge on any atom is -0.467 e. The van der Waals surface area contributed by atoms with Gasteiger partial charge in [-0.1, -0.05) is 13.8 Å². The summed E-state index contributed by atoms with van der Waals surface area (Å²) in [4.78, 5) is 28.0. The summed E-state index contributed by atoms with van der Waals surface area (Å²) in [5, 5.41) is -0.474. The van der Waals surface area contributed by atoms with Crippen LogP contribution in [-0.2, 0) is 24.3 Å². The number of hydrogen-bond donors (Lipinski definition) is 0. The average molecular weight is 375 g/mol. The average Bonchev–Trinajstić information content (AvgIpc) is 3.02. The normalized spacial score (nSPS) is 26.3. The van der Waals surface area contributed by atoms with E-state index in [9.17, 15) is 18.0 Å². The first-order chi connectivity index (χ1) is 11.6. The van der Waals surface area contributed by atoms with Crippen LogP contribution in [0.1, 0.15) is 26.7 Å². The second kappa shape index (κ2) is 7.59. The van der Waals surface area contributed by atoms with Gasteiger partial charge in [-0.05, 0) is 25.8 Å². The second-order valence-corrected chi connectivity index (χ2v) is 9.36. The summed E-state index contributed by atoms with van der Waals surface area (Å²) in [5.74, 6) is -1.17. The van der Waals surface area contributed by atoms with Gasteiger partial charge in [0.25, 0.3) is 0 Å². The third kappa shape index (κ3) is 3.83. The highest BCUT2D eigenvalue weighted by molar-refractivity contribution is 7.89. The van der Waals surface area contributed by atoms with Crippen LogP contribution >= 0.6 is 0 Å². The van der Waals surface area contributed by atoms with Crippen LogP contribution in [0.5, 0.6) is 0 Å². The highest BCUT2D eigenvalue weighted by Crippen LogP contribution is 2.29. The van der Waals surface area contributed by atoms with Gasteiger partial charge in [0.15, 0.2) is 0 Å². The van der Waals surface area contributed by atoms with E-state index in [1.165, 1.54) is 16.3 Å². The van der Waals surface area contributed by atoms with Crippen molar-refractivity contribution in [1.82, 2.24) is 14.1 Å². The lowest BCUT2D eigenvalue weighted by Gasteiger charge is -2.39. The molecule has 1 amide bonds. The van der Waals surface area contributed by atoms with Gasteiger partial charge >= 0.3 is 5.97 Å². The molecule has 2 aliphatic rings. The number of rotatable bonds is 6. The number of methoxy groups -OCH3 is 1. The molecule has 0 bridgehead atoms. The number of nitrogens with zero attached hydrogens (tertiary/aromatic N) is 3. The van der Waals surface area contributed by atoms with E-state index in [1.54, 1.807) is 14.1 Å². The topological polar surface area (TPSA) is 87.2 Å². The Morgan fingerprint density at radius 2 is 1.84 bits per heavy atom. The number of amides is 1. The third-order valence-corrected chi connectivity index (χ3v) is 7.60. The van der Waals surface area contributed by atoms with Crippen molar-refractivity contribution in [2.75, 3.05) is 40.8 Å². The largest absolute Gasteiger partial charge is 0.467 e. The fraction of sp³-hybridized carbons (Fsp3) is 0.875. The number of likely N-dealkylation sites (tertiary alicyclic amines) is 1. The molecule has 8 nitrogen and oxygen atoms in total. The summed E-state index contributed by atoms with van der Waals surface area (Å²) in [6, 6.07) is -0.666. The van der Waals surface area contributed by atoms with Crippen LogP contribution in [0.15, 0.2) is 0 Å². The maximum absolute atomic E-state index is 12.8. The van der Waals surface area contributed by atoms with Crippen LogP contribution in [-0.4, -0.2) is 86.7 Å². The van der Waals surface area contributed by atoms with Gasteiger partial charge < -0.3 is 9.64 Å². The molecule has 2 saturated heterocycles. The number of likely N-dealkylation sites (N-methyl/N-ethyl adjacent to an activating group) is 1. The SMILES string of the molecule is COC(=O)C(C(C)C)N(C)C(=O)[C@H]1CCN(S(=O)(=O)[C@@H]2CCN2C)C1. The zero-order valence-corrected chi connectivity index (χ0v) is 16.5. The van der Waals surface area contributed by atoms with E-state index in [4.69, 9.17) is 4.74 Å². The van der Waals surface area contributed by atoms with Crippen molar-refractivity contribution in [2.45, 2.75) is 38.1 Å². The molecule has 3 atom stereocenters. The van der Waals surface area contributed by atoms with Crippen molar-refractivity contribution in [1.29, 1.82) is 0 Å². The van der Waals surface area contributed by atoms with E-state index in [0.29, 0.717) is 19.4 Å². The molecule has 2 heterocycles. The maximum Gasteiger partial charge on any atom is 0.328 e. The van der Waals surface area contributed by atoms with E-state index in [0.717, 1.165) is 6.54 Å². The molecule has 9 heteroatoms. The predicted octanol–water partition coefficient (Wildman–Crippen LogP) is -0.0443. The molecule has 0 aromatic rings. The number of ether oxygens (including phenoxy) is 1. The number of carbonyl (C=O) groups excluding carboxylic acids is 2. The van der Waals surface area contributed by atoms with E-state index < -0.39 is 33.3 Å². The Labute approximate surface area is 150 Å². The van der Waals surface area contributed by atoms with Gasteiger partial charge in [-0.25, -0.2) is 13.2 Å². The van der Waals surface area contributed by atoms with E-state index in [-0.39, 0.29) is 18.4 Å². The van der Waals surface area contributed by atoms with Gasteiger partial charge in [0.05, 0.1) is 13.0 Å². The molecule has 0 aliphatic carbocycles. The minimum atomic E-state index is -3.40. The fourth-order valence-corrected chi connectivity index (χ4v) is 5.68. The Hall–Kier alpha value is -1.19. The summed E-state index contributed by atoms with van der Waals surface area (Å²) in [5.41, 5.74) is 0. The van der Waals surface area contributed by atoms with Crippen LogP contribution in [0.2, 0.25) is 0 Å². The van der Waals surface area contributed by atoms with Crippen LogP contribution < -0.4 is 0 Å². The lowest BCUT2D eigenvalue weighted by Crippen LogP contribution is -2.54. The molecule has 0 spiro atoms. The van der Waals surface area contributed by atoms with E-state index >= 15 is 0 Å². The van der Waals surface area contributed by atoms with Crippen molar-refractivity contribution >= 4 is 21.9 Å². The third-order valence-electron chi connectivity index (χ3n) is 5.26. The maximum atomic E-state index is 12.8. The second-order valence-electron chi connectivity index (χ2n) is 7.27. The number of esters is 1. The number of hydrogen-bond acceptors (Lipinski definition) is 6. The zero-order valence-electron chi connectivity index (χ0n) is 15.6. The Bertz CT molecular complexity index is 621. The summed E-state index contributed by atoms with van der Waals surface area (Å²) >= 11 is 0. The lowest BCUT2D eigenvalue weighted by atomic mass is 10.00. The molecule has 2 rings (SSSR count). The minimum absolute atomic E-state index is 0.0914. The molecule has 0 saturated carbocycles. The molecule has 0 radical (unpaired) electrons. The van der Waals surface area contributed by atoms with E-state index in [2.05, 4.69) is 0 Å². The Morgan fingerprint density at radius 1 is 1.20 bits per heavy atom. The Kier molecular flexibility index (Phi) is 6.11. The van der Waals surface area contributed by atoms with Crippen molar-refractivity contribution in [3.05, 3.63) is 0 Å². The highest BCUT2D eigenvalue weighted by Gasteiger charge is 2.45. The van der Waals surface area contributed by atoms with Crippen LogP contribution in [0.25, 0.3) is 0 Å². The lowest BCUT2D eigenvalue weighted by molar-refractivity contribution is -0.155. The first-order valence-electron chi connectivity index (χ1n) is 8.65. The quantitative estimate of drug-likeness (QED) is 0.605. The van der Waals surface area contributed by atoms with Crippen LogP contribution in [0.3, 0.4) is 0 Å².